The number of hydrogen-bond donors (Lipinski definition) is 2. The van der Waals surface area contributed by atoms with E-state index in [4.69, 9.17) is 5.11 Å². The van der Waals surface area contributed by atoms with Gasteiger partial charge in [0.1, 0.15) is 5.75 Å². The summed E-state index contributed by atoms with van der Waals surface area (Å²) in [6.45, 7) is -3.05. The Morgan fingerprint density at radius 1 is 1.47 bits per heavy atom. The first-order valence-electron chi connectivity index (χ1n) is 3.73. The van der Waals surface area contributed by atoms with Crippen molar-refractivity contribution in [1.29, 1.82) is 0 Å². The number of halogens is 3. The summed E-state index contributed by atoms with van der Waals surface area (Å²) < 4.78 is 40.3. The zero-order valence-corrected chi connectivity index (χ0v) is 7.21. The highest BCUT2D eigenvalue weighted by molar-refractivity contribution is 5.83. The van der Waals surface area contributed by atoms with Crippen LogP contribution in [0.4, 0.5) is 23.7 Å². The second-order valence-corrected chi connectivity index (χ2v) is 2.45. The maximum Gasteiger partial charge on any atom is 0.409 e. The molecule has 0 aliphatic rings. The van der Waals surface area contributed by atoms with Crippen molar-refractivity contribution in [2.24, 2.45) is 0 Å². The van der Waals surface area contributed by atoms with E-state index >= 15 is 0 Å². The van der Waals surface area contributed by atoms with Crippen LogP contribution in [0.25, 0.3) is 0 Å². The molecular weight excluding hydrogens is 215 g/mol. The highest BCUT2D eigenvalue weighted by Crippen LogP contribution is 2.21. The fraction of sp³-hybridized carbons (Fsp3) is 0.125. The summed E-state index contributed by atoms with van der Waals surface area (Å²) in [4.78, 5) is 10.2. The number of carboxylic acid groups (broad SMARTS) is 1. The average Bonchev–Trinajstić information content (AvgIpc) is 2.08. The fourth-order valence-corrected chi connectivity index (χ4v) is 0.889. The molecule has 0 atom stereocenters. The molecule has 0 saturated carbocycles. The SMILES string of the molecule is O=C(O)Nc1ccc(OC(F)F)cc1F. The molecule has 4 nitrogen and oxygen atoms in total. The molecule has 0 fully saturated rings. The number of amides is 1. The van der Waals surface area contributed by atoms with Gasteiger partial charge >= 0.3 is 12.7 Å². The second kappa shape index (κ2) is 4.54. The molecule has 0 saturated heterocycles. The Labute approximate surface area is 82.3 Å². The molecule has 1 aromatic carbocycles. The molecule has 0 aliphatic carbocycles. The van der Waals surface area contributed by atoms with Gasteiger partial charge in [0.25, 0.3) is 0 Å². The molecule has 0 unspecified atom stereocenters. The molecule has 1 rings (SSSR count). The van der Waals surface area contributed by atoms with Crippen molar-refractivity contribution < 1.29 is 27.8 Å². The molecule has 2 N–H and O–H groups in total. The normalized spacial score (nSPS) is 10.1. The molecule has 7 heteroatoms. The maximum atomic E-state index is 13.0. The lowest BCUT2D eigenvalue weighted by Gasteiger charge is -2.06. The summed E-state index contributed by atoms with van der Waals surface area (Å²) in [5, 5.41) is 10.0. The van der Waals surface area contributed by atoms with Crippen LogP contribution in [-0.4, -0.2) is 17.8 Å². The largest absolute Gasteiger partial charge is 0.465 e. The van der Waals surface area contributed by atoms with E-state index in [1.165, 1.54) is 0 Å². The number of carbonyl (C=O) groups is 1. The summed E-state index contributed by atoms with van der Waals surface area (Å²) in [6.07, 6.45) is -1.45. The number of rotatable bonds is 3. The Kier molecular flexibility index (Phi) is 3.37. The van der Waals surface area contributed by atoms with E-state index < -0.39 is 18.5 Å². The molecule has 0 spiro atoms. The molecule has 1 aromatic rings. The minimum absolute atomic E-state index is 0.330. The van der Waals surface area contributed by atoms with Crippen molar-refractivity contribution >= 4 is 11.8 Å². The Bertz CT molecular complexity index is 370. The zero-order chi connectivity index (χ0) is 11.4. The average molecular weight is 221 g/mol. The van der Waals surface area contributed by atoms with Crippen LogP contribution in [-0.2, 0) is 0 Å². The summed E-state index contributed by atoms with van der Waals surface area (Å²) in [7, 11) is 0. The summed E-state index contributed by atoms with van der Waals surface area (Å²) >= 11 is 0. The molecule has 0 bridgehead atoms. The van der Waals surface area contributed by atoms with Gasteiger partial charge in [-0.1, -0.05) is 0 Å². The molecular formula is C8H6F3NO3. The minimum atomic E-state index is -3.05. The Hall–Kier alpha value is -1.92. The van der Waals surface area contributed by atoms with Gasteiger partial charge in [0.15, 0.2) is 5.82 Å². The van der Waals surface area contributed by atoms with Crippen LogP contribution in [0, 0.1) is 5.82 Å². The van der Waals surface area contributed by atoms with Gasteiger partial charge in [0.05, 0.1) is 5.69 Å². The van der Waals surface area contributed by atoms with Gasteiger partial charge in [-0.25, -0.2) is 9.18 Å². The predicted molar refractivity (Wildman–Crippen MR) is 44.7 cm³/mol. The molecule has 0 aliphatic heterocycles. The number of alkyl halides is 2. The van der Waals surface area contributed by atoms with Gasteiger partial charge in [0.2, 0.25) is 0 Å². The summed E-state index contributed by atoms with van der Waals surface area (Å²) in [5.41, 5.74) is -0.330. The predicted octanol–water partition coefficient (Wildman–Crippen LogP) is 2.52. The van der Waals surface area contributed by atoms with Gasteiger partial charge in [0, 0.05) is 6.07 Å². The fourth-order valence-electron chi connectivity index (χ4n) is 0.889. The molecule has 0 heterocycles. The van der Waals surface area contributed by atoms with E-state index in [0.29, 0.717) is 6.07 Å². The standard InChI is InChI=1S/C8H6F3NO3/c9-5-3-4(15-7(10)11)1-2-6(5)12-8(13)14/h1-3,7,12H,(H,13,14). The zero-order valence-electron chi connectivity index (χ0n) is 7.21. The second-order valence-electron chi connectivity index (χ2n) is 2.45. The topological polar surface area (TPSA) is 58.6 Å². The Morgan fingerprint density at radius 2 is 2.13 bits per heavy atom. The Balaban J connectivity index is 2.83. The number of anilines is 1. The van der Waals surface area contributed by atoms with Gasteiger partial charge < -0.3 is 9.84 Å². The van der Waals surface area contributed by atoms with Crippen molar-refractivity contribution in [3.05, 3.63) is 24.0 Å². The van der Waals surface area contributed by atoms with Crippen molar-refractivity contribution in [3.8, 4) is 5.75 Å². The monoisotopic (exact) mass is 221 g/mol. The first-order valence-corrected chi connectivity index (χ1v) is 3.73. The first-order chi connectivity index (χ1) is 6.99. The van der Waals surface area contributed by atoms with Crippen molar-refractivity contribution in [1.82, 2.24) is 0 Å². The molecule has 82 valence electrons. The first kappa shape index (κ1) is 11.2. The third kappa shape index (κ3) is 3.37. The van der Waals surface area contributed by atoms with E-state index in [-0.39, 0.29) is 11.4 Å². The molecule has 15 heavy (non-hydrogen) atoms. The van der Waals surface area contributed by atoms with E-state index in [9.17, 15) is 18.0 Å². The van der Waals surface area contributed by atoms with Crippen molar-refractivity contribution in [2.75, 3.05) is 5.32 Å². The third-order valence-corrected chi connectivity index (χ3v) is 1.41. The lowest BCUT2D eigenvalue weighted by atomic mass is 10.3. The Morgan fingerprint density at radius 3 is 2.60 bits per heavy atom. The highest BCUT2D eigenvalue weighted by atomic mass is 19.3. The maximum absolute atomic E-state index is 13.0. The quantitative estimate of drug-likeness (QED) is 0.824. The van der Waals surface area contributed by atoms with E-state index in [1.807, 2.05) is 0 Å². The minimum Gasteiger partial charge on any atom is -0.465 e. The molecule has 0 aromatic heterocycles. The van der Waals surface area contributed by atoms with E-state index in [2.05, 4.69) is 4.74 Å². The molecule has 0 radical (unpaired) electrons. The number of ether oxygens (including phenoxy) is 1. The van der Waals surface area contributed by atoms with Crippen LogP contribution in [0.5, 0.6) is 5.75 Å². The van der Waals surface area contributed by atoms with E-state index in [0.717, 1.165) is 12.1 Å². The molecule has 1 amide bonds. The van der Waals surface area contributed by atoms with Crippen LogP contribution in [0.1, 0.15) is 0 Å². The lowest BCUT2D eigenvalue weighted by molar-refractivity contribution is -0.0499. The van der Waals surface area contributed by atoms with Crippen molar-refractivity contribution in [3.63, 3.8) is 0 Å². The summed E-state index contributed by atoms with van der Waals surface area (Å²) in [6, 6.07) is 2.68. The van der Waals surface area contributed by atoms with Gasteiger partial charge in [-0.2, -0.15) is 8.78 Å². The summed E-state index contributed by atoms with van der Waals surface area (Å²) in [5.74, 6) is -1.37. The van der Waals surface area contributed by atoms with Gasteiger partial charge in [-0.3, -0.25) is 5.32 Å². The van der Waals surface area contributed by atoms with Crippen molar-refractivity contribution in [2.45, 2.75) is 6.61 Å². The highest BCUT2D eigenvalue weighted by Gasteiger charge is 2.09. The number of nitrogens with one attached hydrogen (secondary N) is 1. The van der Waals surface area contributed by atoms with Crippen LogP contribution < -0.4 is 10.1 Å². The number of benzene rings is 1. The van der Waals surface area contributed by atoms with Gasteiger partial charge in [-0.15, -0.1) is 0 Å². The third-order valence-electron chi connectivity index (χ3n) is 1.41. The van der Waals surface area contributed by atoms with Crippen LogP contribution in [0.3, 0.4) is 0 Å². The number of hydrogen-bond acceptors (Lipinski definition) is 2. The van der Waals surface area contributed by atoms with Crippen LogP contribution >= 0.6 is 0 Å². The van der Waals surface area contributed by atoms with Crippen LogP contribution in [0.2, 0.25) is 0 Å². The smallest absolute Gasteiger partial charge is 0.409 e. The van der Waals surface area contributed by atoms with Crippen LogP contribution in [0.15, 0.2) is 18.2 Å². The lowest BCUT2D eigenvalue weighted by Crippen LogP contribution is -2.09. The van der Waals surface area contributed by atoms with Gasteiger partial charge in [-0.05, 0) is 12.1 Å². The van der Waals surface area contributed by atoms with E-state index in [1.54, 1.807) is 5.32 Å².